The van der Waals surface area contributed by atoms with Crippen molar-refractivity contribution < 1.29 is 0 Å². The van der Waals surface area contributed by atoms with Gasteiger partial charge in [0.2, 0.25) is 0 Å². The molecule has 0 aliphatic carbocycles. The molecule has 1 aromatic heterocycles. The van der Waals surface area contributed by atoms with Gasteiger partial charge in [0.05, 0.1) is 12.2 Å². The van der Waals surface area contributed by atoms with Crippen LogP contribution >= 0.6 is 15.9 Å². The van der Waals surface area contributed by atoms with Crippen molar-refractivity contribution in [3.05, 3.63) is 57.8 Å². The first-order valence-electron chi connectivity index (χ1n) is 6.82. The summed E-state index contributed by atoms with van der Waals surface area (Å²) in [6, 6.07) is 11.9. The molecule has 0 saturated heterocycles. The van der Waals surface area contributed by atoms with Crippen LogP contribution in [-0.2, 0) is 6.54 Å². The molecule has 2 rings (SSSR count). The van der Waals surface area contributed by atoms with Gasteiger partial charge in [0.1, 0.15) is 5.84 Å². The zero-order valence-corrected chi connectivity index (χ0v) is 13.8. The molecule has 2 aromatic rings. The summed E-state index contributed by atoms with van der Waals surface area (Å²) in [6.07, 6.45) is 0. The molecule has 21 heavy (non-hydrogen) atoms. The minimum atomic E-state index is 0.0665. The first-order valence-corrected chi connectivity index (χ1v) is 7.62. The van der Waals surface area contributed by atoms with Crippen LogP contribution in [0.4, 0.5) is 5.69 Å². The van der Waals surface area contributed by atoms with Crippen molar-refractivity contribution in [3.8, 4) is 0 Å². The maximum Gasteiger partial charge on any atom is 0.123 e. The molecule has 1 heterocycles. The van der Waals surface area contributed by atoms with E-state index in [1.807, 2.05) is 43.3 Å². The van der Waals surface area contributed by atoms with E-state index in [0.717, 1.165) is 34.6 Å². The lowest BCUT2D eigenvalue weighted by Gasteiger charge is -2.23. The smallest absolute Gasteiger partial charge is 0.123 e. The van der Waals surface area contributed by atoms with E-state index in [2.05, 4.69) is 32.7 Å². The van der Waals surface area contributed by atoms with Crippen LogP contribution in [0.3, 0.4) is 0 Å². The van der Waals surface area contributed by atoms with Gasteiger partial charge in [0.25, 0.3) is 0 Å². The third kappa shape index (κ3) is 3.82. The molecule has 0 fully saturated rings. The van der Waals surface area contributed by atoms with Crippen molar-refractivity contribution in [1.82, 2.24) is 4.98 Å². The van der Waals surface area contributed by atoms with Crippen molar-refractivity contribution in [2.75, 3.05) is 11.4 Å². The summed E-state index contributed by atoms with van der Waals surface area (Å²) in [4.78, 5) is 6.78. The van der Waals surface area contributed by atoms with Crippen LogP contribution in [0.15, 0.2) is 40.9 Å². The zero-order valence-electron chi connectivity index (χ0n) is 12.2. The molecule has 4 nitrogen and oxygen atoms in total. The molecule has 110 valence electrons. The fourth-order valence-electron chi connectivity index (χ4n) is 2.19. The summed E-state index contributed by atoms with van der Waals surface area (Å²) in [5, 5.41) is 7.53. The van der Waals surface area contributed by atoms with Gasteiger partial charge in [-0.1, -0.05) is 6.07 Å². The van der Waals surface area contributed by atoms with E-state index in [-0.39, 0.29) is 5.84 Å². The normalized spacial score (nSPS) is 10.4. The largest absolute Gasteiger partial charge is 0.384 e. The predicted molar refractivity (Wildman–Crippen MR) is 90.9 cm³/mol. The number of pyridine rings is 1. The molecule has 0 amide bonds. The standard InChI is InChI=1S/C16H19BrN4/c1-3-21(10-12-6-4-5-11(2)20-12)13-7-8-14(16(18)19)15(17)9-13/h4-9H,3,10H2,1-2H3,(H3,18,19). The summed E-state index contributed by atoms with van der Waals surface area (Å²) < 4.78 is 0.836. The molecule has 0 radical (unpaired) electrons. The molecular weight excluding hydrogens is 328 g/mol. The maximum absolute atomic E-state index is 7.53. The second-order valence-corrected chi connectivity index (χ2v) is 5.72. The molecule has 5 heteroatoms. The number of nitrogens with two attached hydrogens (primary N) is 1. The molecule has 3 N–H and O–H groups in total. The van der Waals surface area contributed by atoms with E-state index in [1.165, 1.54) is 0 Å². The molecule has 0 spiro atoms. The minimum absolute atomic E-state index is 0.0665. The fourth-order valence-corrected chi connectivity index (χ4v) is 2.77. The number of aryl methyl sites for hydroxylation is 1. The molecular formula is C16H19BrN4. The third-order valence-corrected chi connectivity index (χ3v) is 3.94. The van der Waals surface area contributed by atoms with E-state index in [1.54, 1.807) is 0 Å². The first-order chi connectivity index (χ1) is 10.0. The van der Waals surface area contributed by atoms with Crippen molar-refractivity contribution >= 4 is 27.5 Å². The van der Waals surface area contributed by atoms with Crippen LogP contribution in [-0.4, -0.2) is 17.4 Å². The Balaban J connectivity index is 2.25. The summed E-state index contributed by atoms with van der Waals surface area (Å²) in [5.41, 5.74) is 9.41. The van der Waals surface area contributed by atoms with Gasteiger partial charge < -0.3 is 10.6 Å². The van der Waals surface area contributed by atoms with Gasteiger partial charge in [-0.2, -0.15) is 0 Å². The first kappa shape index (κ1) is 15.5. The van der Waals surface area contributed by atoms with Gasteiger partial charge >= 0.3 is 0 Å². The third-order valence-electron chi connectivity index (χ3n) is 3.29. The van der Waals surface area contributed by atoms with Crippen LogP contribution in [0.1, 0.15) is 23.9 Å². The molecule has 0 unspecified atom stereocenters. The van der Waals surface area contributed by atoms with Crippen molar-refractivity contribution in [2.24, 2.45) is 5.73 Å². The van der Waals surface area contributed by atoms with E-state index in [0.29, 0.717) is 5.56 Å². The van der Waals surface area contributed by atoms with E-state index in [9.17, 15) is 0 Å². The molecule has 0 aliphatic heterocycles. The van der Waals surface area contributed by atoms with Gasteiger partial charge in [-0.15, -0.1) is 0 Å². The fraction of sp³-hybridized carbons (Fsp3) is 0.250. The quantitative estimate of drug-likeness (QED) is 0.643. The summed E-state index contributed by atoms with van der Waals surface area (Å²) in [5.74, 6) is 0.0665. The highest BCUT2D eigenvalue weighted by Crippen LogP contribution is 2.25. The number of halogens is 1. The van der Waals surface area contributed by atoms with Gasteiger partial charge in [-0.25, -0.2) is 0 Å². The Morgan fingerprint density at radius 2 is 2.10 bits per heavy atom. The Hall–Kier alpha value is -1.88. The maximum atomic E-state index is 7.53. The second kappa shape index (κ2) is 6.72. The highest BCUT2D eigenvalue weighted by molar-refractivity contribution is 9.10. The number of benzene rings is 1. The SMILES string of the molecule is CCN(Cc1cccc(C)n1)c1ccc(C(=N)N)c(Br)c1. The Morgan fingerprint density at radius 1 is 1.33 bits per heavy atom. The van der Waals surface area contributed by atoms with Crippen LogP contribution in [0.2, 0.25) is 0 Å². The van der Waals surface area contributed by atoms with E-state index in [4.69, 9.17) is 11.1 Å². The lowest BCUT2D eigenvalue weighted by molar-refractivity contribution is 0.805. The summed E-state index contributed by atoms with van der Waals surface area (Å²) >= 11 is 3.48. The number of hydrogen-bond acceptors (Lipinski definition) is 3. The van der Waals surface area contributed by atoms with Crippen molar-refractivity contribution in [3.63, 3.8) is 0 Å². The monoisotopic (exact) mass is 346 g/mol. The summed E-state index contributed by atoms with van der Waals surface area (Å²) in [6.45, 7) is 5.74. The number of amidine groups is 1. The second-order valence-electron chi connectivity index (χ2n) is 4.86. The van der Waals surface area contributed by atoms with E-state index < -0.39 is 0 Å². The average Bonchev–Trinajstić information content (AvgIpc) is 2.44. The number of rotatable bonds is 5. The van der Waals surface area contributed by atoms with Crippen LogP contribution < -0.4 is 10.6 Å². The summed E-state index contributed by atoms with van der Waals surface area (Å²) in [7, 11) is 0. The van der Waals surface area contributed by atoms with Gasteiger partial charge in [0.15, 0.2) is 0 Å². The minimum Gasteiger partial charge on any atom is -0.384 e. The topological polar surface area (TPSA) is 66.0 Å². The molecule has 1 aromatic carbocycles. The number of anilines is 1. The Labute approximate surface area is 133 Å². The lowest BCUT2D eigenvalue weighted by Crippen LogP contribution is -2.23. The van der Waals surface area contributed by atoms with Gasteiger partial charge in [0, 0.05) is 28.0 Å². The highest BCUT2D eigenvalue weighted by Gasteiger charge is 2.10. The lowest BCUT2D eigenvalue weighted by atomic mass is 10.1. The highest BCUT2D eigenvalue weighted by atomic mass is 79.9. The van der Waals surface area contributed by atoms with Crippen molar-refractivity contribution in [1.29, 1.82) is 5.41 Å². The molecule has 0 aliphatic rings. The number of hydrogen-bond donors (Lipinski definition) is 2. The number of aromatic nitrogens is 1. The molecule has 0 bridgehead atoms. The number of nitrogen functional groups attached to an aromatic ring is 1. The zero-order chi connectivity index (χ0) is 15.4. The molecule has 0 saturated carbocycles. The van der Waals surface area contributed by atoms with Crippen molar-refractivity contribution in [2.45, 2.75) is 20.4 Å². The average molecular weight is 347 g/mol. The number of nitrogens with zero attached hydrogens (tertiary/aromatic N) is 2. The van der Waals surface area contributed by atoms with Gasteiger partial charge in [-0.05, 0) is 60.1 Å². The predicted octanol–water partition coefficient (Wildman–Crippen LogP) is 3.46. The molecule has 0 atom stereocenters. The Kier molecular flexibility index (Phi) is 4.96. The van der Waals surface area contributed by atoms with Gasteiger partial charge in [-0.3, -0.25) is 10.4 Å². The van der Waals surface area contributed by atoms with Crippen LogP contribution in [0.25, 0.3) is 0 Å². The Bertz CT molecular complexity index is 654. The van der Waals surface area contributed by atoms with Crippen LogP contribution in [0.5, 0.6) is 0 Å². The van der Waals surface area contributed by atoms with E-state index >= 15 is 0 Å². The number of nitrogens with one attached hydrogen (secondary N) is 1. The Morgan fingerprint density at radius 3 is 2.67 bits per heavy atom. The van der Waals surface area contributed by atoms with Crippen LogP contribution in [0, 0.1) is 12.3 Å².